The molecule has 56 heavy (non-hydrogen) atoms. The normalized spacial score (nSPS) is 20.7. The van der Waals surface area contributed by atoms with Gasteiger partial charge in [0, 0.05) is 104 Å². The first-order valence-electron chi connectivity index (χ1n) is 20.1. The van der Waals surface area contributed by atoms with E-state index in [0.717, 1.165) is 88.7 Å². The van der Waals surface area contributed by atoms with E-state index in [1.54, 1.807) is 6.07 Å². The molecule has 3 aliphatic rings. The summed E-state index contributed by atoms with van der Waals surface area (Å²) in [6, 6.07) is 16.2. The Balaban J connectivity index is 1.10. The first kappa shape index (κ1) is 39.7. The van der Waals surface area contributed by atoms with Crippen LogP contribution in [-0.2, 0) is 24.2 Å². The summed E-state index contributed by atoms with van der Waals surface area (Å²) in [4.78, 5) is 35.5. The fourth-order valence-corrected chi connectivity index (χ4v) is 8.55. The molecule has 1 unspecified atom stereocenters. The number of ether oxygens (including phenoxy) is 1. The molecule has 2 aliphatic heterocycles. The molecule has 0 bridgehead atoms. The summed E-state index contributed by atoms with van der Waals surface area (Å²) >= 11 is 6.83. The molecule has 0 radical (unpaired) electrons. The smallest absolute Gasteiger partial charge is 0.251 e. The molecular weight excluding hydrogens is 724 g/mol. The van der Waals surface area contributed by atoms with Crippen LogP contribution in [0.5, 0.6) is 0 Å². The van der Waals surface area contributed by atoms with Gasteiger partial charge in [-0.15, -0.1) is 0 Å². The van der Waals surface area contributed by atoms with Crippen LogP contribution in [0.1, 0.15) is 83.1 Å². The molecular formula is C44H55ClN8O3. The Labute approximate surface area is 335 Å². The highest BCUT2D eigenvalue weighted by Gasteiger charge is 2.37. The molecule has 11 nitrogen and oxygen atoms in total. The number of pyridine rings is 1. The lowest BCUT2D eigenvalue weighted by atomic mass is 9.75. The summed E-state index contributed by atoms with van der Waals surface area (Å²) in [7, 11) is 0. The summed E-state index contributed by atoms with van der Waals surface area (Å²) in [5.74, 6) is -0.470. The first-order chi connectivity index (χ1) is 27.2. The number of aromatic nitrogens is 3. The number of carbonyl (C=O) groups is 2. The van der Waals surface area contributed by atoms with Crippen LogP contribution in [0.25, 0.3) is 16.6 Å². The second-order valence-corrected chi connectivity index (χ2v) is 15.9. The van der Waals surface area contributed by atoms with Crippen LogP contribution < -0.4 is 21.3 Å². The number of allylic oxidation sites excluding steroid dienone is 3. The number of aryl methyl sites for hydroxylation is 3. The number of piperazine rings is 1. The van der Waals surface area contributed by atoms with E-state index in [4.69, 9.17) is 21.3 Å². The number of benzene rings is 2. The largest absolute Gasteiger partial charge is 0.381 e. The third-order valence-corrected chi connectivity index (χ3v) is 11.8. The summed E-state index contributed by atoms with van der Waals surface area (Å²) in [6.07, 6.45) is 9.24. The van der Waals surface area contributed by atoms with Gasteiger partial charge in [0.05, 0.1) is 17.3 Å². The lowest BCUT2D eigenvalue weighted by Crippen LogP contribution is -2.55. The summed E-state index contributed by atoms with van der Waals surface area (Å²) in [5.41, 5.74) is 7.17. The van der Waals surface area contributed by atoms with Crippen molar-refractivity contribution in [3.05, 3.63) is 105 Å². The van der Waals surface area contributed by atoms with Gasteiger partial charge in [-0.05, 0) is 87.4 Å². The number of nitrogens with zero attached hydrogens (tertiary/aromatic N) is 4. The molecule has 0 saturated carbocycles. The molecule has 2 saturated heterocycles. The van der Waals surface area contributed by atoms with Gasteiger partial charge in [0.2, 0.25) is 0 Å². The predicted molar refractivity (Wildman–Crippen MR) is 224 cm³/mol. The highest BCUT2D eigenvalue weighted by Crippen LogP contribution is 2.41. The van der Waals surface area contributed by atoms with Crippen LogP contribution in [0.15, 0.2) is 71.9 Å². The van der Waals surface area contributed by atoms with E-state index in [1.807, 2.05) is 54.2 Å². The molecule has 2 amide bonds. The van der Waals surface area contributed by atoms with Crippen LogP contribution in [0.4, 0.5) is 5.69 Å². The Kier molecular flexibility index (Phi) is 12.6. The van der Waals surface area contributed by atoms with Crippen molar-refractivity contribution in [2.24, 2.45) is 5.41 Å². The van der Waals surface area contributed by atoms with Gasteiger partial charge in [-0.3, -0.25) is 14.5 Å². The van der Waals surface area contributed by atoms with Crippen LogP contribution in [0.2, 0.25) is 0 Å². The van der Waals surface area contributed by atoms with Gasteiger partial charge < -0.3 is 26.0 Å². The zero-order valence-corrected chi connectivity index (χ0v) is 33.8. The minimum atomic E-state index is -0.384. The molecule has 4 heterocycles. The number of rotatable bonds is 13. The Morgan fingerprint density at radius 1 is 1.05 bits per heavy atom. The lowest BCUT2D eigenvalue weighted by Gasteiger charge is -2.43. The molecule has 7 rings (SSSR count). The fourth-order valence-electron chi connectivity index (χ4n) is 8.31. The van der Waals surface area contributed by atoms with Gasteiger partial charge >= 0.3 is 0 Å². The molecule has 2 atom stereocenters. The van der Waals surface area contributed by atoms with Crippen molar-refractivity contribution in [1.82, 2.24) is 35.6 Å². The maximum atomic E-state index is 14.0. The van der Waals surface area contributed by atoms with E-state index in [9.17, 15) is 9.59 Å². The average Bonchev–Trinajstić information content (AvgIpc) is 3.64. The average molecular weight is 779 g/mol. The Morgan fingerprint density at radius 2 is 1.80 bits per heavy atom. The zero-order chi connectivity index (χ0) is 39.2. The third-order valence-electron chi connectivity index (χ3n) is 11.5. The fraction of sp³-hybridized carbons (Fsp3) is 0.455. The summed E-state index contributed by atoms with van der Waals surface area (Å²) in [6.45, 7) is 14.7. The van der Waals surface area contributed by atoms with Crippen LogP contribution in [0, 0.1) is 12.3 Å². The molecule has 2 aromatic carbocycles. The van der Waals surface area contributed by atoms with E-state index in [2.05, 4.69) is 70.2 Å². The van der Waals surface area contributed by atoms with Crippen molar-refractivity contribution in [3.8, 4) is 0 Å². The van der Waals surface area contributed by atoms with Gasteiger partial charge in [-0.1, -0.05) is 54.9 Å². The molecule has 2 aromatic heterocycles. The number of nitrogens with one attached hydrogen (secondary N) is 4. The highest BCUT2D eigenvalue weighted by atomic mass is 35.5. The number of halogens is 1. The van der Waals surface area contributed by atoms with Crippen LogP contribution >= 0.6 is 11.6 Å². The van der Waals surface area contributed by atoms with Crippen LogP contribution in [-0.4, -0.2) is 89.5 Å². The molecule has 2 fully saturated rings. The quantitative estimate of drug-likeness (QED) is 0.122. The highest BCUT2D eigenvalue weighted by molar-refractivity contribution is 6.34. The standard InChI is InChI=1S/C44H55ClN8O3/c1-5-39-36(40(50-34-13-18-56-19-14-34)37-26-49-53(6-2)41(37)51-39)25-47-42(54)32-20-29(3)21-33(22-32)43(55)48-27-44(28-52-17-16-46-24-30(52)4)15-12-38(45)35(23-44)31-10-8-7-9-11-31/h7-12,15,20-22,26,30,34,46H,5-6,13-14,16-19,23-25,27-28H2,1-4H3,(H,47,54)(H,48,55)(H,50,51)/t30-,44?/m0/s1. The van der Waals surface area contributed by atoms with Gasteiger partial charge in [-0.2, -0.15) is 5.10 Å². The molecule has 4 aromatic rings. The van der Waals surface area contributed by atoms with Crippen molar-refractivity contribution in [1.29, 1.82) is 0 Å². The minimum absolute atomic E-state index is 0.218. The Hall–Kier alpha value is -4.55. The monoisotopic (exact) mass is 778 g/mol. The second-order valence-electron chi connectivity index (χ2n) is 15.5. The lowest BCUT2D eigenvalue weighted by molar-refractivity contribution is 0.0899. The van der Waals surface area contributed by atoms with E-state index in [0.29, 0.717) is 56.3 Å². The van der Waals surface area contributed by atoms with E-state index in [1.165, 1.54) is 0 Å². The molecule has 296 valence electrons. The molecule has 4 N–H and O–H groups in total. The van der Waals surface area contributed by atoms with Crippen molar-refractivity contribution in [3.63, 3.8) is 0 Å². The number of hydrogen-bond donors (Lipinski definition) is 4. The number of fused-ring (bicyclic) bond motifs is 1. The maximum absolute atomic E-state index is 14.0. The van der Waals surface area contributed by atoms with Gasteiger partial charge in [0.15, 0.2) is 5.65 Å². The summed E-state index contributed by atoms with van der Waals surface area (Å²) < 4.78 is 7.54. The number of hydrogen-bond acceptors (Lipinski definition) is 8. The number of amides is 2. The van der Waals surface area contributed by atoms with E-state index < -0.39 is 0 Å². The molecule has 0 spiro atoms. The van der Waals surface area contributed by atoms with E-state index >= 15 is 0 Å². The Bertz CT molecular complexity index is 2110. The van der Waals surface area contributed by atoms with Crippen molar-refractivity contribution in [2.75, 3.05) is 51.3 Å². The van der Waals surface area contributed by atoms with Crippen LogP contribution in [0.3, 0.4) is 0 Å². The van der Waals surface area contributed by atoms with Gasteiger partial charge in [0.1, 0.15) is 0 Å². The number of carbonyl (C=O) groups excluding carboxylic acids is 2. The number of anilines is 1. The van der Waals surface area contributed by atoms with Crippen molar-refractivity contribution < 1.29 is 14.3 Å². The molecule has 12 heteroatoms. The van der Waals surface area contributed by atoms with Gasteiger partial charge in [0.25, 0.3) is 11.8 Å². The topological polar surface area (TPSA) is 125 Å². The van der Waals surface area contributed by atoms with Crippen molar-refractivity contribution in [2.45, 2.75) is 78.6 Å². The second kappa shape index (κ2) is 17.7. The minimum Gasteiger partial charge on any atom is -0.381 e. The van der Waals surface area contributed by atoms with E-state index in [-0.39, 0.29) is 29.8 Å². The van der Waals surface area contributed by atoms with Crippen molar-refractivity contribution >= 4 is 45.7 Å². The Morgan fingerprint density at radius 3 is 2.52 bits per heavy atom. The zero-order valence-electron chi connectivity index (χ0n) is 33.1. The maximum Gasteiger partial charge on any atom is 0.251 e. The summed E-state index contributed by atoms with van der Waals surface area (Å²) in [5, 5.41) is 20.0. The predicted octanol–water partition coefficient (Wildman–Crippen LogP) is 6.46. The third kappa shape index (κ3) is 8.86. The first-order valence-corrected chi connectivity index (χ1v) is 20.5. The molecule has 1 aliphatic carbocycles. The SMILES string of the molecule is CCc1nc2c(cnn2CC)c(NC2CCOCC2)c1CNC(=O)c1cc(C)cc(C(=O)NCC2(CN3CCNC[C@@H]3C)C=CC(Cl)=C(c3ccccc3)C2)c1. The van der Waals surface area contributed by atoms with Gasteiger partial charge in [-0.25, -0.2) is 9.67 Å².